The first kappa shape index (κ1) is 13.6. The Bertz CT molecular complexity index is 380. The highest BCUT2D eigenvalue weighted by molar-refractivity contribution is 5.76. The van der Waals surface area contributed by atoms with E-state index in [1.165, 1.54) is 0 Å². The Kier molecular flexibility index (Phi) is 4.55. The Balaban J connectivity index is 2.31. The maximum absolute atomic E-state index is 11.6. The third kappa shape index (κ3) is 5.95. The number of rotatable bonds is 4. The van der Waals surface area contributed by atoms with Crippen LogP contribution in [-0.4, -0.2) is 17.6 Å². The Morgan fingerprint density at radius 3 is 2.65 bits per heavy atom. The van der Waals surface area contributed by atoms with Crippen LogP contribution in [0.15, 0.2) is 24.3 Å². The molecule has 1 rings (SSSR count). The molecule has 0 aliphatic heterocycles. The summed E-state index contributed by atoms with van der Waals surface area (Å²) in [6.07, 6.45) is 1.28. The molecule has 0 aliphatic rings. The van der Waals surface area contributed by atoms with Crippen LogP contribution in [0, 0.1) is 5.41 Å². The summed E-state index contributed by atoms with van der Waals surface area (Å²) in [6, 6.07) is 7.11. The number of amides is 1. The zero-order valence-electron chi connectivity index (χ0n) is 10.8. The van der Waals surface area contributed by atoms with Crippen molar-refractivity contribution in [2.75, 3.05) is 6.54 Å². The average molecular weight is 235 g/mol. The van der Waals surface area contributed by atoms with Crippen LogP contribution in [0.25, 0.3) is 0 Å². The van der Waals surface area contributed by atoms with E-state index in [1.54, 1.807) is 12.1 Å². The fourth-order valence-corrected chi connectivity index (χ4v) is 1.60. The molecule has 2 N–H and O–H groups in total. The lowest BCUT2D eigenvalue weighted by atomic mass is 9.92. The second kappa shape index (κ2) is 5.71. The average Bonchev–Trinajstić information content (AvgIpc) is 2.14. The van der Waals surface area contributed by atoms with Gasteiger partial charge in [0.2, 0.25) is 5.91 Å². The third-order valence-electron chi connectivity index (χ3n) is 2.34. The molecule has 17 heavy (non-hydrogen) atoms. The second-order valence-electron chi connectivity index (χ2n) is 5.51. The Labute approximate surface area is 103 Å². The van der Waals surface area contributed by atoms with Gasteiger partial charge >= 0.3 is 0 Å². The standard InChI is InChI=1S/C14H21NO2/c1-14(2,3)10-13(17)15-8-7-11-5-4-6-12(16)9-11/h4-6,9,16H,7-8,10H2,1-3H3,(H,15,17). The zero-order chi connectivity index (χ0) is 12.9. The molecule has 0 aliphatic carbocycles. The van der Waals surface area contributed by atoms with Crippen LogP contribution in [0.2, 0.25) is 0 Å². The van der Waals surface area contributed by atoms with Crippen molar-refractivity contribution in [1.29, 1.82) is 0 Å². The van der Waals surface area contributed by atoms with Gasteiger partial charge in [-0.05, 0) is 29.5 Å². The molecule has 0 unspecified atom stereocenters. The molecule has 0 saturated heterocycles. The third-order valence-corrected chi connectivity index (χ3v) is 2.34. The van der Waals surface area contributed by atoms with E-state index in [1.807, 2.05) is 32.9 Å². The molecule has 94 valence electrons. The van der Waals surface area contributed by atoms with E-state index in [0.29, 0.717) is 13.0 Å². The largest absolute Gasteiger partial charge is 0.508 e. The SMILES string of the molecule is CC(C)(C)CC(=O)NCCc1cccc(O)c1. The zero-order valence-corrected chi connectivity index (χ0v) is 10.8. The number of carbonyl (C=O) groups is 1. The van der Waals surface area contributed by atoms with Gasteiger partial charge in [0, 0.05) is 13.0 Å². The van der Waals surface area contributed by atoms with E-state index in [4.69, 9.17) is 0 Å². The topological polar surface area (TPSA) is 49.3 Å². The van der Waals surface area contributed by atoms with Crippen molar-refractivity contribution in [3.05, 3.63) is 29.8 Å². The van der Waals surface area contributed by atoms with Gasteiger partial charge in [-0.2, -0.15) is 0 Å². The molecule has 1 amide bonds. The number of carbonyl (C=O) groups excluding carboxylic acids is 1. The monoisotopic (exact) mass is 235 g/mol. The van der Waals surface area contributed by atoms with Gasteiger partial charge in [-0.25, -0.2) is 0 Å². The minimum absolute atomic E-state index is 0.0229. The van der Waals surface area contributed by atoms with Crippen molar-refractivity contribution in [3.8, 4) is 5.75 Å². The maximum atomic E-state index is 11.6. The molecule has 0 saturated carbocycles. The molecular weight excluding hydrogens is 214 g/mol. The second-order valence-corrected chi connectivity index (χ2v) is 5.51. The Morgan fingerprint density at radius 1 is 1.35 bits per heavy atom. The number of phenols is 1. The van der Waals surface area contributed by atoms with Crippen molar-refractivity contribution in [2.24, 2.45) is 5.41 Å². The van der Waals surface area contributed by atoms with E-state index in [9.17, 15) is 9.90 Å². The number of phenolic OH excluding ortho intramolecular Hbond substituents is 1. The molecule has 0 aromatic heterocycles. The van der Waals surface area contributed by atoms with E-state index < -0.39 is 0 Å². The molecule has 3 nitrogen and oxygen atoms in total. The quantitative estimate of drug-likeness (QED) is 0.842. The number of benzene rings is 1. The van der Waals surface area contributed by atoms with Crippen LogP contribution in [0.3, 0.4) is 0 Å². The van der Waals surface area contributed by atoms with Crippen LogP contribution < -0.4 is 5.32 Å². The van der Waals surface area contributed by atoms with Gasteiger partial charge < -0.3 is 10.4 Å². The number of aromatic hydroxyl groups is 1. The first-order chi connectivity index (χ1) is 7.87. The van der Waals surface area contributed by atoms with Crippen LogP contribution in [-0.2, 0) is 11.2 Å². The van der Waals surface area contributed by atoms with E-state index in [-0.39, 0.29) is 17.1 Å². The summed E-state index contributed by atoms with van der Waals surface area (Å²) in [6.45, 7) is 6.74. The minimum atomic E-state index is 0.0229. The van der Waals surface area contributed by atoms with Gasteiger partial charge in [-0.15, -0.1) is 0 Å². The summed E-state index contributed by atoms with van der Waals surface area (Å²) in [5.41, 5.74) is 1.05. The lowest BCUT2D eigenvalue weighted by molar-refractivity contribution is -0.122. The summed E-state index contributed by atoms with van der Waals surface area (Å²) >= 11 is 0. The molecule has 0 fully saturated rings. The highest BCUT2D eigenvalue weighted by Crippen LogP contribution is 2.17. The van der Waals surface area contributed by atoms with Gasteiger partial charge in [0.05, 0.1) is 0 Å². The van der Waals surface area contributed by atoms with E-state index >= 15 is 0 Å². The molecule has 0 atom stereocenters. The highest BCUT2D eigenvalue weighted by atomic mass is 16.3. The molecular formula is C14H21NO2. The van der Waals surface area contributed by atoms with Crippen LogP contribution >= 0.6 is 0 Å². The van der Waals surface area contributed by atoms with Crippen LogP contribution in [0.5, 0.6) is 5.75 Å². The Morgan fingerprint density at radius 2 is 2.06 bits per heavy atom. The van der Waals surface area contributed by atoms with Crippen molar-refractivity contribution in [1.82, 2.24) is 5.32 Å². The first-order valence-corrected chi connectivity index (χ1v) is 5.91. The summed E-state index contributed by atoms with van der Waals surface area (Å²) < 4.78 is 0. The normalized spacial score (nSPS) is 11.2. The Hall–Kier alpha value is -1.51. The van der Waals surface area contributed by atoms with Gasteiger partial charge in [-0.3, -0.25) is 4.79 Å². The summed E-state index contributed by atoms with van der Waals surface area (Å²) in [5.74, 6) is 0.348. The fourth-order valence-electron chi connectivity index (χ4n) is 1.60. The van der Waals surface area contributed by atoms with Gasteiger partial charge in [0.15, 0.2) is 0 Å². The van der Waals surface area contributed by atoms with Crippen molar-refractivity contribution in [3.63, 3.8) is 0 Å². The van der Waals surface area contributed by atoms with Crippen LogP contribution in [0.4, 0.5) is 0 Å². The molecule has 0 bridgehead atoms. The highest BCUT2D eigenvalue weighted by Gasteiger charge is 2.15. The number of nitrogens with one attached hydrogen (secondary N) is 1. The maximum Gasteiger partial charge on any atom is 0.220 e. The lowest BCUT2D eigenvalue weighted by Gasteiger charge is -2.17. The fraction of sp³-hybridized carbons (Fsp3) is 0.500. The van der Waals surface area contributed by atoms with Crippen molar-refractivity contribution < 1.29 is 9.90 Å². The molecule has 0 heterocycles. The van der Waals surface area contributed by atoms with Gasteiger partial charge in [0.1, 0.15) is 5.75 Å². The van der Waals surface area contributed by atoms with Gasteiger partial charge in [0.25, 0.3) is 0 Å². The minimum Gasteiger partial charge on any atom is -0.508 e. The first-order valence-electron chi connectivity index (χ1n) is 5.91. The summed E-state index contributed by atoms with van der Waals surface area (Å²) in [7, 11) is 0. The smallest absolute Gasteiger partial charge is 0.220 e. The van der Waals surface area contributed by atoms with Crippen LogP contribution in [0.1, 0.15) is 32.8 Å². The van der Waals surface area contributed by atoms with E-state index in [2.05, 4.69) is 5.32 Å². The molecule has 1 aromatic rings. The number of hydrogen-bond donors (Lipinski definition) is 2. The predicted molar refractivity (Wildman–Crippen MR) is 68.9 cm³/mol. The molecule has 0 spiro atoms. The molecule has 1 aromatic carbocycles. The molecule has 0 radical (unpaired) electrons. The molecule has 3 heteroatoms. The number of hydrogen-bond acceptors (Lipinski definition) is 2. The van der Waals surface area contributed by atoms with Gasteiger partial charge in [-0.1, -0.05) is 32.9 Å². The van der Waals surface area contributed by atoms with Crippen molar-refractivity contribution in [2.45, 2.75) is 33.6 Å². The summed E-state index contributed by atoms with van der Waals surface area (Å²) in [5, 5.41) is 12.2. The predicted octanol–water partition coefficient (Wildman–Crippen LogP) is 2.49. The summed E-state index contributed by atoms with van der Waals surface area (Å²) in [4.78, 5) is 11.6. The lowest BCUT2D eigenvalue weighted by Crippen LogP contribution is -2.29. The van der Waals surface area contributed by atoms with Crippen molar-refractivity contribution >= 4 is 5.91 Å². The van der Waals surface area contributed by atoms with E-state index in [0.717, 1.165) is 12.0 Å².